The third kappa shape index (κ3) is 3.41. The van der Waals surface area contributed by atoms with E-state index in [2.05, 4.69) is 20.9 Å². The summed E-state index contributed by atoms with van der Waals surface area (Å²) in [7, 11) is 0. The Balaban J connectivity index is 2.04. The van der Waals surface area contributed by atoms with Crippen molar-refractivity contribution >= 4 is 27.5 Å². The SMILES string of the molecule is Fc1ccc(OCc2ccc(Br)cn2)c(Cl)c1. The fourth-order valence-corrected chi connectivity index (χ4v) is 1.69. The van der Waals surface area contributed by atoms with E-state index in [4.69, 9.17) is 16.3 Å². The monoisotopic (exact) mass is 315 g/mol. The van der Waals surface area contributed by atoms with E-state index in [1.807, 2.05) is 12.1 Å². The molecule has 0 aliphatic carbocycles. The summed E-state index contributed by atoms with van der Waals surface area (Å²) in [5.41, 5.74) is 0.772. The molecule has 88 valence electrons. The van der Waals surface area contributed by atoms with Gasteiger partial charge in [0.2, 0.25) is 0 Å². The lowest BCUT2D eigenvalue weighted by molar-refractivity contribution is 0.301. The van der Waals surface area contributed by atoms with Gasteiger partial charge in [-0.05, 0) is 46.3 Å². The van der Waals surface area contributed by atoms with Gasteiger partial charge in [0.05, 0.1) is 10.7 Å². The van der Waals surface area contributed by atoms with Crippen molar-refractivity contribution in [2.24, 2.45) is 0 Å². The van der Waals surface area contributed by atoms with E-state index >= 15 is 0 Å². The Hall–Kier alpha value is -1.13. The molecule has 17 heavy (non-hydrogen) atoms. The largest absolute Gasteiger partial charge is 0.486 e. The number of aromatic nitrogens is 1. The third-order valence-electron chi connectivity index (χ3n) is 2.06. The van der Waals surface area contributed by atoms with E-state index in [1.165, 1.54) is 18.2 Å². The maximum atomic E-state index is 12.8. The predicted molar refractivity (Wildman–Crippen MR) is 67.7 cm³/mol. The second kappa shape index (κ2) is 5.47. The lowest BCUT2D eigenvalue weighted by atomic mass is 10.3. The van der Waals surface area contributed by atoms with Crippen molar-refractivity contribution in [3.8, 4) is 5.75 Å². The van der Waals surface area contributed by atoms with Crippen LogP contribution in [0.2, 0.25) is 5.02 Å². The van der Waals surface area contributed by atoms with Crippen molar-refractivity contribution in [2.45, 2.75) is 6.61 Å². The molecule has 0 fully saturated rings. The van der Waals surface area contributed by atoms with Crippen LogP contribution in [0.5, 0.6) is 5.75 Å². The van der Waals surface area contributed by atoms with Crippen molar-refractivity contribution in [3.05, 3.63) is 57.5 Å². The zero-order valence-electron chi connectivity index (χ0n) is 8.66. The summed E-state index contributed by atoms with van der Waals surface area (Å²) in [6.45, 7) is 0.290. The molecule has 0 aliphatic heterocycles. The second-order valence-electron chi connectivity index (χ2n) is 3.33. The number of benzene rings is 1. The summed E-state index contributed by atoms with van der Waals surface area (Å²) in [5.74, 6) is 0.0573. The van der Waals surface area contributed by atoms with Gasteiger partial charge in [0.15, 0.2) is 0 Å². The summed E-state index contributed by atoms with van der Waals surface area (Å²) in [6.07, 6.45) is 1.69. The first-order chi connectivity index (χ1) is 8.15. The number of hydrogen-bond donors (Lipinski definition) is 0. The van der Waals surface area contributed by atoms with E-state index in [1.54, 1.807) is 6.20 Å². The second-order valence-corrected chi connectivity index (χ2v) is 4.65. The Kier molecular flexibility index (Phi) is 3.97. The predicted octanol–water partition coefficient (Wildman–Crippen LogP) is 4.22. The zero-order chi connectivity index (χ0) is 12.3. The minimum Gasteiger partial charge on any atom is -0.486 e. The van der Waals surface area contributed by atoms with Gasteiger partial charge in [-0.25, -0.2) is 4.39 Å². The molecule has 0 unspecified atom stereocenters. The van der Waals surface area contributed by atoms with Gasteiger partial charge in [0.1, 0.15) is 18.2 Å². The summed E-state index contributed by atoms with van der Waals surface area (Å²) in [4.78, 5) is 4.15. The van der Waals surface area contributed by atoms with Crippen molar-refractivity contribution in [1.82, 2.24) is 4.98 Å². The molecule has 2 aromatic rings. The highest BCUT2D eigenvalue weighted by atomic mass is 79.9. The van der Waals surface area contributed by atoms with E-state index in [0.29, 0.717) is 12.4 Å². The molecule has 0 atom stereocenters. The van der Waals surface area contributed by atoms with Crippen LogP contribution in [0, 0.1) is 5.82 Å². The van der Waals surface area contributed by atoms with Crippen LogP contribution in [0.1, 0.15) is 5.69 Å². The van der Waals surface area contributed by atoms with Crippen LogP contribution < -0.4 is 4.74 Å². The zero-order valence-corrected chi connectivity index (χ0v) is 11.0. The van der Waals surface area contributed by atoms with Crippen LogP contribution in [0.15, 0.2) is 41.0 Å². The van der Waals surface area contributed by atoms with Crippen LogP contribution in [0.25, 0.3) is 0 Å². The molecule has 0 amide bonds. The Morgan fingerprint density at radius 1 is 1.29 bits per heavy atom. The highest BCUT2D eigenvalue weighted by molar-refractivity contribution is 9.10. The number of halogens is 3. The van der Waals surface area contributed by atoms with Gasteiger partial charge >= 0.3 is 0 Å². The van der Waals surface area contributed by atoms with Crippen LogP contribution in [0.3, 0.4) is 0 Å². The first kappa shape index (κ1) is 12.3. The molecule has 0 saturated heterocycles. The molecular weight excluding hydrogens is 308 g/mol. The van der Waals surface area contributed by atoms with Crippen LogP contribution >= 0.6 is 27.5 Å². The number of hydrogen-bond acceptors (Lipinski definition) is 2. The Labute approximate surface area is 112 Å². The topological polar surface area (TPSA) is 22.1 Å². The third-order valence-corrected chi connectivity index (χ3v) is 2.82. The summed E-state index contributed by atoms with van der Waals surface area (Å²) >= 11 is 9.12. The first-order valence-corrected chi connectivity index (χ1v) is 6.00. The van der Waals surface area contributed by atoms with E-state index < -0.39 is 0 Å². The highest BCUT2D eigenvalue weighted by Crippen LogP contribution is 2.25. The molecule has 2 rings (SSSR count). The molecule has 1 heterocycles. The number of rotatable bonds is 3. The van der Waals surface area contributed by atoms with Gasteiger partial charge in [-0.1, -0.05) is 11.6 Å². The van der Waals surface area contributed by atoms with Crippen LogP contribution in [0.4, 0.5) is 4.39 Å². The van der Waals surface area contributed by atoms with Crippen molar-refractivity contribution in [3.63, 3.8) is 0 Å². The molecule has 0 radical (unpaired) electrons. The molecule has 0 bridgehead atoms. The fourth-order valence-electron chi connectivity index (χ4n) is 1.24. The van der Waals surface area contributed by atoms with Gasteiger partial charge in [0, 0.05) is 10.7 Å². The molecule has 0 N–H and O–H groups in total. The molecule has 5 heteroatoms. The number of nitrogens with zero attached hydrogens (tertiary/aromatic N) is 1. The molecule has 2 nitrogen and oxygen atoms in total. The van der Waals surface area contributed by atoms with E-state index in [9.17, 15) is 4.39 Å². The van der Waals surface area contributed by atoms with E-state index in [-0.39, 0.29) is 10.8 Å². The summed E-state index contributed by atoms with van der Waals surface area (Å²) in [6, 6.07) is 7.72. The minimum absolute atomic E-state index is 0.252. The molecule has 1 aromatic heterocycles. The number of ether oxygens (including phenoxy) is 1. The van der Waals surface area contributed by atoms with Crippen molar-refractivity contribution in [2.75, 3.05) is 0 Å². The first-order valence-electron chi connectivity index (χ1n) is 4.83. The van der Waals surface area contributed by atoms with Crippen LogP contribution in [-0.2, 0) is 6.61 Å². The average molecular weight is 317 g/mol. The molecule has 1 aromatic carbocycles. The molecule has 0 spiro atoms. The summed E-state index contributed by atoms with van der Waals surface area (Å²) < 4.78 is 19.1. The van der Waals surface area contributed by atoms with Gasteiger partial charge in [0.25, 0.3) is 0 Å². The Morgan fingerprint density at radius 2 is 2.12 bits per heavy atom. The average Bonchev–Trinajstić information content (AvgIpc) is 2.30. The van der Waals surface area contributed by atoms with Gasteiger partial charge in [-0.2, -0.15) is 0 Å². The van der Waals surface area contributed by atoms with Gasteiger partial charge in [-0.15, -0.1) is 0 Å². The van der Waals surface area contributed by atoms with E-state index in [0.717, 1.165) is 10.2 Å². The normalized spacial score (nSPS) is 10.3. The number of pyridine rings is 1. The lowest BCUT2D eigenvalue weighted by Gasteiger charge is -2.07. The maximum Gasteiger partial charge on any atom is 0.138 e. The highest BCUT2D eigenvalue weighted by Gasteiger charge is 2.03. The van der Waals surface area contributed by atoms with Crippen molar-refractivity contribution in [1.29, 1.82) is 0 Å². The standard InChI is InChI=1S/C12H8BrClFNO/c13-8-1-3-10(16-6-8)7-17-12-4-2-9(15)5-11(12)14/h1-6H,7H2. The fraction of sp³-hybridized carbons (Fsp3) is 0.0833. The smallest absolute Gasteiger partial charge is 0.138 e. The maximum absolute atomic E-state index is 12.8. The quantitative estimate of drug-likeness (QED) is 0.846. The van der Waals surface area contributed by atoms with Gasteiger partial charge in [-0.3, -0.25) is 4.98 Å². The lowest BCUT2D eigenvalue weighted by Crippen LogP contribution is -1.98. The molecular formula is C12H8BrClFNO. The van der Waals surface area contributed by atoms with Crippen molar-refractivity contribution < 1.29 is 9.13 Å². The van der Waals surface area contributed by atoms with Gasteiger partial charge < -0.3 is 4.74 Å². The Bertz CT molecular complexity index is 518. The van der Waals surface area contributed by atoms with Crippen LogP contribution in [-0.4, -0.2) is 4.98 Å². The Morgan fingerprint density at radius 3 is 2.76 bits per heavy atom. The summed E-state index contributed by atoms with van der Waals surface area (Å²) in [5, 5.41) is 0.252. The minimum atomic E-state index is -0.385. The molecule has 0 aliphatic rings. The molecule has 0 saturated carbocycles.